The van der Waals surface area contributed by atoms with E-state index in [0.29, 0.717) is 6.42 Å². The number of amidine groups is 1. The SMILES string of the molecule is N=C(N)Cc1cccc2c1CCC2. The van der Waals surface area contributed by atoms with Crippen LogP contribution >= 0.6 is 0 Å². The Hall–Kier alpha value is -1.31. The van der Waals surface area contributed by atoms with Gasteiger partial charge < -0.3 is 5.73 Å². The fraction of sp³-hybridized carbons (Fsp3) is 0.364. The van der Waals surface area contributed by atoms with Crippen molar-refractivity contribution in [2.75, 3.05) is 0 Å². The van der Waals surface area contributed by atoms with E-state index in [0.717, 1.165) is 0 Å². The summed E-state index contributed by atoms with van der Waals surface area (Å²) in [5, 5.41) is 7.27. The summed E-state index contributed by atoms with van der Waals surface area (Å²) in [6.45, 7) is 0. The van der Waals surface area contributed by atoms with Gasteiger partial charge in [-0.05, 0) is 36.0 Å². The second kappa shape index (κ2) is 3.21. The zero-order chi connectivity index (χ0) is 9.26. The lowest BCUT2D eigenvalue weighted by Gasteiger charge is -2.06. The Kier molecular flexibility index (Phi) is 2.05. The number of fused-ring (bicyclic) bond motifs is 1. The lowest BCUT2D eigenvalue weighted by Crippen LogP contribution is -2.13. The molecule has 0 bridgehead atoms. The van der Waals surface area contributed by atoms with E-state index in [9.17, 15) is 0 Å². The van der Waals surface area contributed by atoms with E-state index in [4.69, 9.17) is 11.1 Å². The first-order valence-electron chi connectivity index (χ1n) is 4.70. The van der Waals surface area contributed by atoms with Crippen molar-refractivity contribution in [3.05, 3.63) is 34.9 Å². The van der Waals surface area contributed by atoms with Gasteiger partial charge in [0, 0.05) is 6.42 Å². The Morgan fingerprint density at radius 2 is 2.23 bits per heavy atom. The van der Waals surface area contributed by atoms with E-state index >= 15 is 0 Å². The van der Waals surface area contributed by atoms with Gasteiger partial charge in [-0.15, -0.1) is 0 Å². The lowest BCUT2D eigenvalue weighted by atomic mass is 10.0. The normalized spacial score (nSPS) is 14.2. The van der Waals surface area contributed by atoms with Gasteiger partial charge in [-0.3, -0.25) is 5.41 Å². The minimum atomic E-state index is 0.264. The molecule has 0 amide bonds. The number of benzene rings is 1. The van der Waals surface area contributed by atoms with Gasteiger partial charge in [-0.1, -0.05) is 18.2 Å². The van der Waals surface area contributed by atoms with Gasteiger partial charge in [-0.2, -0.15) is 0 Å². The molecule has 1 aromatic carbocycles. The van der Waals surface area contributed by atoms with E-state index in [1.54, 1.807) is 0 Å². The van der Waals surface area contributed by atoms with Crippen molar-refractivity contribution < 1.29 is 0 Å². The van der Waals surface area contributed by atoms with Gasteiger partial charge in [0.25, 0.3) is 0 Å². The minimum Gasteiger partial charge on any atom is -0.387 e. The molecular weight excluding hydrogens is 160 g/mol. The molecular formula is C11H14N2. The van der Waals surface area contributed by atoms with Crippen LogP contribution in [0.4, 0.5) is 0 Å². The van der Waals surface area contributed by atoms with Crippen LogP contribution in [0.5, 0.6) is 0 Å². The van der Waals surface area contributed by atoms with Crippen LogP contribution in [0.1, 0.15) is 23.1 Å². The quantitative estimate of drug-likeness (QED) is 0.520. The summed E-state index contributed by atoms with van der Waals surface area (Å²) in [6, 6.07) is 6.35. The van der Waals surface area contributed by atoms with Crippen molar-refractivity contribution in [2.24, 2.45) is 5.73 Å². The topological polar surface area (TPSA) is 49.9 Å². The van der Waals surface area contributed by atoms with Gasteiger partial charge in [0.2, 0.25) is 0 Å². The molecule has 68 valence electrons. The number of nitrogens with one attached hydrogen (secondary N) is 1. The number of aryl methyl sites for hydroxylation is 1. The summed E-state index contributed by atoms with van der Waals surface area (Å²) >= 11 is 0. The first-order chi connectivity index (χ1) is 6.27. The molecule has 0 fully saturated rings. The highest BCUT2D eigenvalue weighted by Crippen LogP contribution is 2.25. The molecule has 0 saturated heterocycles. The van der Waals surface area contributed by atoms with Crippen molar-refractivity contribution in [1.82, 2.24) is 0 Å². The van der Waals surface area contributed by atoms with Crippen LogP contribution in [-0.4, -0.2) is 5.84 Å². The molecule has 1 aliphatic rings. The summed E-state index contributed by atoms with van der Waals surface area (Å²) in [5.41, 5.74) is 9.55. The molecule has 2 heteroatoms. The number of hydrogen-bond acceptors (Lipinski definition) is 1. The minimum absolute atomic E-state index is 0.264. The van der Waals surface area contributed by atoms with E-state index < -0.39 is 0 Å². The Morgan fingerprint density at radius 3 is 3.00 bits per heavy atom. The molecule has 1 aromatic rings. The summed E-state index contributed by atoms with van der Waals surface area (Å²) in [7, 11) is 0. The van der Waals surface area contributed by atoms with Crippen molar-refractivity contribution in [1.29, 1.82) is 5.41 Å². The van der Waals surface area contributed by atoms with Gasteiger partial charge in [0.1, 0.15) is 0 Å². The number of nitrogens with two attached hydrogens (primary N) is 1. The summed E-state index contributed by atoms with van der Waals surface area (Å²) < 4.78 is 0. The highest BCUT2D eigenvalue weighted by Gasteiger charge is 2.13. The molecule has 0 unspecified atom stereocenters. The molecule has 0 spiro atoms. The molecule has 0 heterocycles. The zero-order valence-electron chi connectivity index (χ0n) is 7.64. The molecule has 0 saturated carbocycles. The smallest absolute Gasteiger partial charge is 0.0950 e. The third-order valence-corrected chi connectivity index (χ3v) is 2.62. The monoisotopic (exact) mass is 174 g/mol. The summed E-state index contributed by atoms with van der Waals surface area (Å²) in [6.07, 6.45) is 4.23. The Bertz CT molecular complexity index is 342. The maximum atomic E-state index is 7.27. The van der Waals surface area contributed by atoms with Gasteiger partial charge in [0.05, 0.1) is 5.84 Å². The van der Waals surface area contributed by atoms with Crippen molar-refractivity contribution in [3.63, 3.8) is 0 Å². The largest absolute Gasteiger partial charge is 0.387 e. The van der Waals surface area contributed by atoms with Crippen LogP contribution in [0.15, 0.2) is 18.2 Å². The lowest BCUT2D eigenvalue weighted by molar-refractivity contribution is 0.908. The highest BCUT2D eigenvalue weighted by atomic mass is 14.7. The first kappa shape index (κ1) is 8.30. The van der Waals surface area contributed by atoms with E-state index in [-0.39, 0.29) is 5.84 Å². The molecule has 0 radical (unpaired) electrons. The molecule has 2 nitrogen and oxygen atoms in total. The van der Waals surface area contributed by atoms with Crippen LogP contribution in [-0.2, 0) is 19.3 Å². The fourth-order valence-corrected chi connectivity index (χ4v) is 2.07. The molecule has 2 rings (SSSR count). The fourth-order valence-electron chi connectivity index (χ4n) is 2.07. The molecule has 13 heavy (non-hydrogen) atoms. The van der Waals surface area contributed by atoms with Crippen LogP contribution in [0.2, 0.25) is 0 Å². The van der Waals surface area contributed by atoms with Crippen LogP contribution in [0, 0.1) is 5.41 Å². The van der Waals surface area contributed by atoms with Crippen LogP contribution < -0.4 is 5.73 Å². The first-order valence-corrected chi connectivity index (χ1v) is 4.70. The molecule has 0 aromatic heterocycles. The van der Waals surface area contributed by atoms with Gasteiger partial charge >= 0.3 is 0 Å². The predicted molar refractivity (Wildman–Crippen MR) is 54.1 cm³/mol. The van der Waals surface area contributed by atoms with Crippen molar-refractivity contribution in [2.45, 2.75) is 25.7 Å². The molecule has 1 aliphatic carbocycles. The predicted octanol–water partition coefficient (Wildman–Crippen LogP) is 1.65. The molecule has 0 atom stereocenters. The average molecular weight is 174 g/mol. The summed E-state index contributed by atoms with van der Waals surface area (Å²) in [5.74, 6) is 0.264. The second-order valence-electron chi connectivity index (χ2n) is 3.61. The van der Waals surface area contributed by atoms with Crippen LogP contribution in [0.25, 0.3) is 0 Å². The number of rotatable bonds is 2. The zero-order valence-corrected chi connectivity index (χ0v) is 7.64. The standard InChI is InChI=1S/C11H14N2/c12-11(13)7-9-5-1-3-8-4-2-6-10(8)9/h1,3,5H,2,4,6-7H2,(H3,12,13). The molecule has 3 N–H and O–H groups in total. The van der Waals surface area contributed by atoms with Crippen LogP contribution in [0.3, 0.4) is 0 Å². The maximum absolute atomic E-state index is 7.27. The third kappa shape index (κ3) is 1.57. The van der Waals surface area contributed by atoms with E-state index in [1.807, 2.05) is 0 Å². The second-order valence-corrected chi connectivity index (χ2v) is 3.61. The Labute approximate surface area is 78.3 Å². The molecule has 0 aliphatic heterocycles. The van der Waals surface area contributed by atoms with E-state index in [2.05, 4.69) is 18.2 Å². The summed E-state index contributed by atoms with van der Waals surface area (Å²) in [4.78, 5) is 0. The van der Waals surface area contributed by atoms with Gasteiger partial charge in [-0.25, -0.2) is 0 Å². The van der Waals surface area contributed by atoms with Crippen molar-refractivity contribution >= 4 is 5.84 Å². The average Bonchev–Trinajstić information content (AvgIpc) is 2.51. The number of hydrogen-bond donors (Lipinski definition) is 2. The van der Waals surface area contributed by atoms with Crippen molar-refractivity contribution in [3.8, 4) is 0 Å². The maximum Gasteiger partial charge on any atom is 0.0950 e. The van der Waals surface area contributed by atoms with Gasteiger partial charge in [0.15, 0.2) is 0 Å². The highest BCUT2D eigenvalue weighted by molar-refractivity contribution is 5.80. The third-order valence-electron chi connectivity index (χ3n) is 2.62. The van der Waals surface area contributed by atoms with E-state index in [1.165, 1.54) is 36.0 Å². The Morgan fingerprint density at radius 1 is 1.38 bits per heavy atom. The Balaban J connectivity index is 2.36.